The lowest BCUT2D eigenvalue weighted by molar-refractivity contribution is -0.121. The van der Waals surface area contributed by atoms with Crippen LogP contribution in [-0.2, 0) is 11.3 Å². The van der Waals surface area contributed by atoms with Gasteiger partial charge in [-0.1, -0.05) is 18.3 Å². The molecule has 98 valence electrons. The van der Waals surface area contributed by atoms with E-state index in [1.165, 1.54) is 0 Å². The number of nitrogens with zero attached hydrogens (tertiary/aromatic N) is 2. The molecule has 1 heterocycles. The number of nitrogens with two attached hydrogens (primary N) is 1. The Morgan fingerprint density at radius 3 is 2.94 bits per heavy atom. The zero-order chi connectivity index (χ0) is 13.5. The van der Waals surface area contributed by atoms with Crippen molar-refractivity contribution in [2.24, 2.45) is 5.73 Å². The van der Waals surface area contributed by atoms with Gasteiger partial charge >= 0.3 is 0 Å². The van der Waals surface area contributed by atoms with Gasteiger partial charge in [0.2, 0.25) is 5.91 Å². The quantitative estimate of drug-likeness (QED) is 0.724. The maximum atomic E-state index is 11.4. The standard InChI is InChI=1S/C12H18N4OS/c1-3-14-10(17)8-16(2)7-9-5-4-6-15-11(9)12(13)18/h4-6H,3,7-8H2,1-2H3,(H2,13,18)(H,14,17). The average molecular weight is 266 g/mol. The molecule has 0 aliphatic rings. The Bertz CT molecular complexity index is 436. The van der Waals surface area contributed by atoms with Gasteiger partial charge in [0.25, 0.3) is 0 Å². The minimum Gasteiger partial charge on any atom is -0.388 e. The van der Waals surface area contributed by atoms with Gasteiger partial charge in [0.1, 0.15) is 10.7 Å². The molecular weight excluding hydrogens is 248 g/mol. The van der Waals surface area contributed by atoms with E-state index in [9.17, 15) is 4.79 Å². The summed E-state index contributed by atoms with van der Waals surface area (Å²) in [6.45, 7) is 3.44. The second-order valence-electron chi connectivity index (χ2n) is 4.00. The fourth-order valence-corrected chi connectivity index (χ4v) is 1.82. The highest BCUT2D eigenvalue weighted by molar-refractivity contribution is 7.80. The van der Waals surface area contributed by atoms with E-state index in [1.807, 2.05) is 31.0 Å². The zero-order valence-corrected chi connectivity index (χ0v) is 11.5. The predicted octanol–water partition coefficient (Wildman–Crippen LogP) is 0.284. The van der Waals surface area contributed by atoms with Crippen LogP contribution in [0.3, 0.4) is 0 Å². The molecule has 0 unspecified atom stereocenters. The number of hydrogen-bond donors (Lipinski definition) is 2. The van der Waals surface area contributed by atoms with Crippen LogP contribution < -0.4 is 11.1 Å². The fraction of sp³-hybridized carbons (Fsp3) is 0.417. The second-order valence-corrected chi connectivity index (χ2v) is 4.44. The molecule has 1 amide bonds. The van der Waals surface area contributed by atoms with E-state index in [-0.39, 0.29) is 10.9 Å². The Labute approximate surface area is 112 Å². The van der Waals surface area contributed by atoms with E-state index in [0.29, 0.717) is 25.3 Å². The van der Waals surface area contributed by atoms with Crippen LogP contribution in [-0.4, -0.2) is 40.9 Å². The van der Waals surface area contributed by atoms with Gasteiger partial charge < -0.3 is 11.1 Å². The number of pyridine rings is 1. The highest BCUT2D eigenvalue weighted by Crippen LogP contribution is 2.07. The van der Waals surface area contributed by atoms with Gasteiger partial charge in [-0.05, 0) is 25.6 Å². The Morgan fingerprint density at radius 1 is 1.61 bits per heavy atom. The van der Waals surface area contributed by atoms with Crippen molar-refractivity contribution in [3.8, 4) is 0 Å². The molecule has 0 spiro atoms. The number of hydrogen-bond acceptors (Lipinski definition) is 4. The topological polar surface area (TPSA) is 71.2 Å². The third-order valence-electron chi connectivity index (χ3n) is 2.35. The molecule has 0 saturated heterocycles. The summed E-state index contributed by atoms with van der Waals surface area (Å²) in [7, 11) is 1.87. The first-order valence-corrected chi connectivity index (χ1v) is 6.14. The van der Waals surface area contributed by atoms with Crippen LogP contribution in [0.1, 0.15) is 18.2 Å². The third-order valence-corrected chi connectivity index (χ3v) is 2.55. The maximum absolute atomic E-state index is 11.4. The van der Waals surface area contributed by atoms with Gasteiger partial charge in [0, 0.05) is 19.3 Å². The largest absolute Gasteiger partial charge is 0.388 e. The monoisotopic (exact) mass is 266 g/mol. The van der Waals surface area contributed by atoms with Gasteiger partial charge in [-0.25, -0.2) is 0 Å². The van der Waals surface area contributed by atoms with Crippen molar-refractivity contribution in [2.45, 2.75) is 13.5 Å². The molecule has 0 radical (unpaired) electrons. The zero-order valence-electron chi connectivity index (χ0n) is 10.6. The maximum Gasteiger partial charge on any atom is 0.234 e. The highest BCUT2D eigenvalue weighted by atomic mass is 32.1. The van der Waals surface area contributed by atoms with Crippen LogP contribution in [0.25, 0.3) is 0 Å². The number of likely N-dealkylation sites (N-methyl/N-ethyl adjacent to an activating group) is 2. The van der Waals surface area contributed by atoms with E-state index in [2.05, 4.69) is 10.3 Å². The summed E-state index contributed by atoms with van der Waals surface area (Å²) in [5, 5.41) is 2.75. The molecule has 0 bridgehead atoms. The number of thiocarbonyl (C=S) groups is 1. The first kappa shape index (κ1) is 14.5. The van der Waals surface area contributed by atoms with E-state index >= 15 is 0 Å². The minimum atomic E-state index is 0.000709. The van der Waals surface area contributed by atoms with Crippen molar-refractivity contribution in [3.63, 3.8) is 0 Å². The van der Waals surface area contributed by atoms with Crippen molar-refractivity contribution in [1.29, 1.82) is 0 Å². The molecule has 0 atom stereocenters. The normalized spacial score (nSPS) is 10.4. The highest BCUT2D eigenvalue weighted by Gasteiger charge is 2.10. The van der Waals surface area contributed by atoms with E-state index in [0.717, 1.165) is 5.56 Å². The Hall–Kier alpha value is -1.53. The molecule has 1 aromatic heterocycles. The average Bonchev–Trinajstić information content (AvgIpc) is 2.29. The van der Waals surface area contributed by atoms with Crippen molar-refractivity contribution in [2.75, 3.05) is 20.1 Å². The number of aromatic nitrogens is 1. The minimum absolute atomic E-state index is 0.000709. The van der Waals surface area contributed by atoms with Crippen LogP contribution in [0.4, 0.5) is 0 Å². The number of carbonyl (C=O) groups excluding carboxylic acids is 1. The molecular formula is C12H18N4OS. The number of amides is 1. The number of rotatable bonds is 6. The van der Waals surface area contributed by atoms with Crippen molar-refractivity contribution < 1.29 is 4.79 Å². The SMILES string of the molecule is CCNC(=O)CN(C)Cc1cccnc1C(N)=S. The number of nitrogens with one attached hydrogen (secondary N) is 1. The predicted molar refractivity (Wildman–Crippen MR) is 75.1 cm³/mol. The summed E-state index contributed by atoms with van der Waals surface area (Å²) < 4.78 is 0. The smallest absolute Gasteiger partial charge is 0.234 e. The molecule has 6 heteroatoms. The lowest BCUT2D eigenvalue weighted by atomic mass is 10.2. The van der Waals surface area contributed by atoms with Crippen LogP contribution in [0.2, 0.25) is 0 Å². The summed E-state index contributed by atoms with van der Waals surface area (Å²) >= 11 is 4.95. The molecule has 5 nitrogen and oxygen atoms in total. The second kappa shape index (κ2) is 7.03. The molecule has 1 aromatic rings. The molecule has 0 aromatic carbocycles. The molecule has 1 rings (SSSR count). The Balaban J connectivity index is 2.67. The van der Waals surface area contributed by atoms with E-state index in [1.54, 1.807) is 6.20 Å². The van der Waals surface area contributed by atoms with Gasteiger partial charge in [-0.15, -0.1) is 0 Å². The molecule has 18 heavy (non-hydrogen) atoms. The van der Waals surface area contributed by atoms with Crippen molar-refractivity contribution in [3.05, 3.63) is 29.6 Å². The lowest BCUT2D eigenvalue weighted by Crippen LogP contribution is -2.35. The van der Waals surface area contributed by atoms with Crippen LogP contribution in [0.5, 0.6) is 0 Å². The van der Waals surface area contributed by atoms with Crippen LogP contribution >= 0.6 is 12.2 Å². The van der Waals surface area contributed by atoms with Gasteiger partial charge in [0.05, 0.1) is 6.54 Å². The first-order chi connectivity index (χ1) is 8.54. The Kier molecular flexibility index (Phi) is 5.67. The Morgan fingerprint density at radius 2 is 2.33 bits per heavy atom. The van der Waals surface area contributed by atoms with Crippen molar-refractivity contribution >= 4 is 23.1 Å². The summed E-state index contributed by atoms with van der Waals surface area (Å²) in [4.78, 5) is 17.8. The first-order valence-electron chi connectivity index (χ1n) is 5.73. The molecule has 0 aliphatic heterocycles. The van der Waals surface area contributed by atoms with Crippen LogP contribution in [0, 0.1) is 0 Å². The summed E-state index contributed by atoms with van der Waals surface area (Å²) in [6.07, 6.45) is 1.65. The van der Waals surface area contributed by atoms with E-state index in [4.69, 9.17) is 18.0 Å². The molecule has 0 fully saturated rings. The van der Waals surface area contributed by atoms with Gasteiger partial charge in [0.15, 0.2) is 0 Å². The van der Waals surface area contributed by atoms with E-state index < -0.39 is 0 Å². The summed E-state index contributed by atoms with van der Waals surface area (Å²) in [5.41, 5.74) is 7.16. The van der Waals surface area contributed by atoms with Crippen LogP contribution in [0.15, 0.2) is 18.3 Å². The van der Waals surface area contributed by atoms with Gasteiger partial charge in [-0.2, -0.15) is 0 Å². The molecule has 3 N–H and O–H groups in total. The summed E-state index contributed by atoms with van der Waals surface area (Å²) in [6, 6.07) is 3.74. The van der Waals surface area contributed by atoms with Crippen molar-refractivity contribution in [1.82, 2.24) is 15.2 Å². The molecule has 0 aliphatic carbocycles. The third kappa shape index (κ3) is 4.38. The fourth-order valence-electron chi connectivity index (χ4n) is 1.63. The molecule has 0 saturated carbocycles. The van der Waals surface area contributed by atoms with Gasteiger partial charge in [-0.3, -0.25) is 14.7 Å². The summed E-state index contributed by atoms with van der Waals surface area (Å²) in [5.74, 6) is 0.000709. The lowest BCUT2D eigenvalue weighted by Gasteiger charge is -2.17. The number of carbonyl (C=O) groups is 1.